The number of aryl methyl sites for hydroxylation is 1. The third-order valence-electron chi connectivity index (χ3n) is 9.55. The summed E-state index contributed by atoms with van der Waals surface area (Å²) in [6.07, 6.45) is 22.3. The van der Waals surface area contributed by atoms with Gasteiger partial charge in [-0.1, -0.05) is 98.5 Å². The van der Waals surface area contributed by atoms with E-state index in [-0.39, 0.29) is 11.9 Å². The maximum atomic E-state index is 4.69. The van der Waals surface area contributed by atoms with E-state index in [9.17, 15) is 0 Å². The smallest absolute Gasteiger partial charge is 0.136 e. The van der Waals surface area contributed by atoms with Gasteiger partial charge < -0.3 is 10.3 Å². The highest BCUT2D eigenvalue weighted by atomic mass is 32.2. The fraction of sp³-hybridized carbons (Fsp3) is 0.150. The molecule has 0 amide bonds. The summed E-state index contributed by atoms with van der Waals surface area (Å²) in [5.74, 6) is 0.356. The third-order valence-corrected chi connectivity index (χ3v) is 11.6. The molecule has 2 nitrogen and oxygen atoms in total. The molecule has 5 aromatic rings. The van der Waals surface area contributed by atoms with Crippen molar-refractivity contribution in [3.8, 4) is 0 Å². The molecule has 3 aromatic carbocycles. The maximum absolute atomic E-state index is 4.69. The highest BCUT2D eigenvalue weighted by Gasteiger charge is 2.27. The second-order valence-electron chi connectivity index (χ2n) is 12.2. The van der Waals surface area contributed by atoms with Crippen LogP contribution in [0.4, 0.5) is 5.69 Å². The fourth-order valence-electron chi connectivity index (χ4n) is 7.38. The molecule has 0 fully saturated rings. The largest absolute Gasteiger partial charge is 0.385 e. The summed E-state index contributed by atoms with van der Waals surface area (Å²) < 4.78 is 2.76. The normalized spacial score (nSPS) is 21.4. The number of nitrogens with one attached hydrogen (secondary N) is 2. The van der Waals surface area contributed by atoms with Gasteiger partial charge in [0.1, 0.15) is 7.85 Å². The van der Waals surface area contributed by atoms with Gasteiger partial charge in [-0.15, -0.1) is 23.1 Å². The van der Waals surface area contributed by atoms with E-state index in [0.29, 0.717) is 0 Å². The molecule has 45 heavy (non-hydrogen) atoms. The first kappa shape index (κ1) is 28.3. The summed E-state index contributed by atoms with van der Waals surface area (Å²) in [5, 5.41) is 7.82. The lowest BCUT2D eigenvalue weighted by atomic mass is 9.78. The molecule has 0 saturated heterocycles. The molecular weight excluding hydrogens is 583 g/mol. The zero-order valence-electron chi connectivity index (χ0n) is 25.9. The van der Waals surface area contributed by atoms with E-state index in [4.69, 9.17) is 6.58 Å². The van der Waals surface area contributed by atoms with Crippen LogP contribution in [0.1, 0.15) is 35.7 Å². The number of allylic oxidation sites excluding steroid dienone is 8. The van der Waals surface area contributed by atoms with Gasteiger partial charge in [0.15, 0.2) is 0 Å². The average molecular weight is 619 g/mol. The summed E-state index contributed by atoms with van der Waals surface area (Å²) in [4.78, 5) is 5.19. The molecule has 0 saturated carbocycles. The van der Waals surface area contributed by atoms with Gasteiger partial charge >= 0.3 is 0 Å². The molecule has 3 aliphatic rings. The zero-order valence-corrected chi connectivity index (χ0v) is 27.5. The molecule has 1 aliphatic heterocycles. The van der Waals surface area contributed by atoms with Crippen molar-refractivity contribution in [1.29, 1.82) is 0 Å². The minimum Gasteiger partial charge on any atom is -0.385 e. The second kappa shape index (κ2) is 11.3. The number of aromatic amines is 1. The lowest BCUT2D eigenvalue weighted by Gasteiger charge is -2.29. The number of rotatable bonds is 4. The van der Waals surface area contributed by atoms with E-state index >= 15 is 0 Å². The van der Waals surface area contributed by atoms with Crippen molar-refractivity contribution in [2.75, 3.05) is 11.6 Å². The molecule has 2 aromatic heterocycles. The Labute approximate surface area is 274 Å². The molecule has 0 radical (unpaired) electrons. The van der Waals surface area contributed by atoms with Crippen LogP contribution in [-0.4, -0.2) is 25.0 Å². The Balaban J connectivity index is 1.28. The predicted molar refractivity (Wildman–Crippen MR) is 203 cm³/mol. The van der Waals surface area contributed by atoms with Crippen LogP contribution in [0, 0.1) is 5.92 Å². The minimum atomic E-state index is 0.0666. The standard InChI is InChI=1S/C40H35BN2S2/c1-23-12-4-8-21-34(44-3)35(23)24(2)26-16-10-17-28-32(22-25-13-5-6-14-27(25)36(28)43-40(26)41)29-18-11-19-31-37(29)42-38-30-15-7-9-20-33(30)45-39(31)38/h4-10,12-18,20-23,40,42-43H,2,11,19,41H2,1,3H3/b17-10-,26-16-. The number of hydrogen-bond donors (Lipinski definition) is 2. The van der Waals surface area contributed by atoms with Gasteiger partial charge in [-0.2, -0.15) is 0 Å². The quantitative estimate of drug-likeness (QED) is 0.196. The Hall–Kier alpha value is -4.19. The lowest BCUT2D eigenvalue weighted by Crippen LogP contribution is -2.26. The van der Waals surface area contributed by atoms with Crippen molar-refractivity contribution in [1.82, 2.24) is 4.98 Å². The van der Waals surface area contributed by atoms with Crippen molar-refractivity contribution >= 4 is 79.4 Å². The molecule has 0 bridgehead atoms. The number of hydrogen-bond acceptors (Lipinski definition) is 3. The Morgan fingerprint density at radius 3 is 2.71 bits per heavy atom. The minimum absolute atomic E-state index is 0.0666. The molecule has 2 unspecified atom stereocenters. The first-order valence-corrected chi connectivity index (χ1v) is 17.8. The van der Waals surface area contributed by atoms with Crippen LogP contribution in [0.25, 0.3) is 42.7 Å². The second-order valence-corrected chi connectivity index (χ2v) is 14.1. The SMILES string of the molecule is BC1Nc2c(c(C3=CCCc4c3[nH]c3c4sc4ccccc43)cc3ccccc23)/C=C\C=C/1C(=C)C1=C(SC)C=CC=CC1C. The Morgan fingerprint density at radius 2 is 1.84 bits per heavy atom. The summed E-state index contributed by atoms with van der Waals surface area (Å²) >= 11 is 3.72. The predicted octanol–water partition coefficient (Wildman–Crippen LogP) is 10.2. The number of thioether (sulfide) groups is 1. The first-order valence-electron chi connectivity index (χ1n) is 15.8. The van der Waals surface area contributed by atoms with Crippen molar-refractivity contribution < 1.29 is 0 Å². The Morgan fingerprint density at radius 1 is 1.02 bits per heavy atom. The number of thiophene rings is 1. The van der Waals surface area contributed by atoms with E-state index in [1.54, 1.807) is 11.8 Å². The molecule has 2 N–H and O–H groups in total. The summed E-state index contributed by atoms with van der Waals surface area (Å²) in [6.45, 7) is 6.96. The number of H-pyrrole nitrogens is 1. The van der Waals surface area contributed by atoms with Gasteiger partial charge in [0, 0.05) is 49.1 Å². The van der Waals surface area contributed by atoms with Crippen LogP contribution in [0.5, 0.6) is 0 Å². The first-order chi connectivity index (χ1) is 22.0. The maximum Gasteiger partial charge on any atom is 0.136 e. The molecule has 2 aliphatic carbocycles. The van der Waals surface area contributed by atoms with Crippen molar-refractivity contribution in [3.63, 3.8) is 0 Å². The van der Waals surface area contributed by atoms with Crippen LogP contribution in [-0.2, 0) is 6.42 Å². The van der Waals surface area contributed by atoms with E-state index < -0.39 is 0 Å². The molecule has 2 atom stereocenters. The van der Waals surface area contributed by atoms with E-state index in [1.165, 1.54) is 80.8 Å². The highest BCUT2D eigenvalue weighted by Crippen LogP contribution is 2.46. The average Bonchev–Trinajstić information content (AvgIpc) is 3.53. The van der Waals surface area contributed by atoms with Crippen LogP contribution >= 0.6 is 23.1 Å². The van der Waals surface area contributed by atoms with Crippen molar-refractivity contribution in [3.05, 3.63) is 148 Å². The van der Waals surface area contributed by atoms with Gasteiger partial charge in [-0.25, -0.2) is 0 Å². The number of benzene rings is 3. The fourth-order valence-corrected chi connectivity index (χ4v) is 9.36. The third kappa shape index (κ3) is 4.64. The molecule has 0 spiro atoms. The summed E-state index contributed by atoms with van der Waals surface area (Å²) in [7, 11) is 2.27. The van der Waals surface area contributed by atoms with Gasteiger partial charge in [0.2, 0.25) is 0 Å². The van der Waals surface area contributed by atoms with Gasteiger partial charge in [0.05, 0.1) is 15.9 Å². The van der Waals surface area contributed by atoms with Crippen LogP contribution in [0.3, 0.4) is 0 Å². The van der Waals surface area contributed by atoms with E-state index in [0.717, 1.165) is 18.4 Å². The zero-order chi connectivity index (χ0) is 30.7. The summed E-state index contributed by atoms with van der Waals surface area (Å²) in [5.41, 5.74) is 12.6. The number of anilines is 1. The Bertz CT molecular complexity index is 2230. The lowest BCUT2D eigenvalue weighted by molar-refractivity contribution is 0.871. The van der Waals surface area contributed by atoms with Crippen LogP contribution in [0.15, 0.2) is 125 Å². The van der Waals surface area contributed by atoms with Crippen LogP contribution < -0.4 is 5.32 Å². The van der Waals surface area contributed by atoms with Crippen LogP contribution in [0.2, 0.25) is 0 Å². The molecule has 5 heteroatoms. The molecule has 3 heterocycles. The Kier molecular flexibility index (Phi) is 7.11. The van der Waals surface area contributed by atoms with Gasteiger partial charge in [-0.3, -0.25) is 0 Å². The number of fused-ring (bicyclic) bond motifs is 8. The molecular formula is C40H35BN2S2. The number of aromatic nitrogens is 1. The summed E-state index contributed by atoms with van der Waals surface area (Å²) in [6, 6.07) is 20.0. The van der Waals surface area contributed by atoms with Gasteiger partial charge in [0.25, 0.3) is 0 Å². The van der Waals surface area contributed by atoms with E-state index in [1.807, 2.05) is 11.3 Å². The van der Waals surface area contributed by atoms with Crippen molar-refractivity contribution in [2.45, 2.75) is 25.7 Å². The highest BCUT2D eigenvalue weighted by molar-refractivity contribution is 8.02. The molecule has 8 rings (SSSR count). The van der Waals surface area contributed by atoms with Crippen molar-refractivity contribution in [2.24, 2.45) is 5.92 Å². The topological polar surface area (TPSA) is 27.8 Å². The monoisotopic (exact) mass is 618 g/mol. The molecule has 220 valence electrons. The van der Waals surface area contributed by atoms with E-state index in [2.05, 4.69) is 135 Å². The van der Waals surface area contributed by atoms with Gasteiger partial charge in [-0.05, 0) is 70.5 Å².